The van der Waals surface area contributed by atoms with Gasteiger partial charge in [-0.25, -0.2) is 0 Å². The van der Waals surface area contributed by atoms with E-state index in [-0.39, 0.29) is 5.91 Å². The molecule has 9 heavy (non-hydrogen) atoms. The largest absolute Gasteiger partial charge is 0.335 e. The molecule has 1 heterocycles. The number of nitrogens with zero attached hydrogens (tertiary/aromatic N) is 1. The Morgan fingerprint density at radius 1 is 1.78 bits per heavy atom. The van der Waals surface area contributed by atoms with Gasteiger partial charge >= 0.3 is 0 Å². The number of rotatable bonds is 2. The number of carbonyl (C=O) groups excluding carboxylic acids is 1. The molecule has 0 atom stereocenters. The van der Waals surface area contributed by atoms with Crippen LogP contribution >= 0.6 is 0 Å². The lowest BCUT2D eigenvalue weighted by atomic mass is 10.4. The lowest BCUT2D eigenvalue weighted by Crippen LogP contribution is -2.25. The highest BCUT2D eigenvalue weighted by Gasteiger charge is 2.11. The Kier molecular flexibility index (Phi) is 1.88. The summed E-state index contributed by atoms with van der Waals surface area (Å²) in [6.07, 6.45) is 4.58. The Balaban J connectivity index is 2.37. The van der Waals surface area contributed by atoms with Crippen molar-refractivity contribution in [3.8, 4) is 0 Å². The zero-order valence-corrected chi connectivity index (χ0v) is 5.63. The normalized spacial score (nSPS) is 17.4. The second kappa shape index (κ2) is 2.67. The maximum Gasteiger partial charge on any atom is 0.246 e. The molecule has 0 fully saturated rings. The number of carbonyl (C=O) groups is 1. The molecule has 1 aliphatic rings. The smallest absolute Gasteiger partial charge is 0.246 e. The molecule has 0 aromatic heterocycles. The van der Waals surface area contributed by atoms with Crippen molar-refractivity contribution in [1.29, 1.82) is 0 Å². The fraction of sp³-hybridized carbons (Fsp3) is 0.571. The van der Waals surface area contributed by atoms with Crippen molar-refractivity contribution >= 4 is 5.91 Å². The monoisotopic (exact) mass is 125 g/mol. The van der Waals surface area contributed by atoms with Crippen molar-refractivity contribution in [2.24, 2.45) is 0 Å². The highest BCUT2D eigenvalue weighted by molar-refractivity contribution is 5.89. The van der Waals surface area contributed by atoms with Crippen LogP contribution in [0.3, 0.4) is 0 Å². The summed E-state index contributed by atoms with van der Waals surface area (Å²) in [7, 11) is 0. The van der Waals surface area contributed by atoms with E-state index in [2.05, 4.69) is 6.92 Å². The minimum absolute atomic E-state index is 0.164. The van der Waals surface area contributed by atoms with E-state index < -0.39 is 0 Å². The lowest BCUT2D eigenvalue weighted by Gasteiger charge is -2.12. The number of hydrogen-bond donors (Lipinski definition) is 0. The minimum Gasteiger partial charge on any atom is -0.335 e. The van der Waals surface area contributed by atoms with Gasteiger partial charge in [0.05, 0.1) is 0 Å². The summed E-state index contributed by atoms with van der Waals surface area (Å²) < 4.78 is 0. The van der Waals surface area contributed by atoms with E-state index >= 15 is 0 Å². The molecule has 0 aliphatic carbocycles. The molecule has 0 bridgehead atoms. The summed E-state index contributed by atoms with van der Waals surface area (Å²) in [5, 5.41) is 0. The van der Waals surface area contributed by atoms with Gasteiger partial charge in [0, 0.05) is 19.2 Å². The molecule has 0 saturated heterocycles. The zero-order valence-electron chi connectivity index (χ0n) is 5.63. The first-order valence-corrected chi connectivity index (χ1v) is 3.30. The van der Waals surface area contributed by atoms with Crippen molar-refractivity contribution in [1.82, 2.24) is 4.90 Å². The number of amides is 1. The van der Waals surface area contributed by atoms with E-state index in [0.717, 1.165) is 19.5 Å². The third-order valence-corrected chi connectivity index (χ3v) is 1.39. The maximum atomic E-state index is 10.8. The molecule has 0 aromatic carbocycles. The van der Waals surface area contributed by atoms with Crippen molar-refractivity contribution in [3.05, 3.63) is 12.2 Å². The van der Waals surface area contributed by atoms with Crippen molar-refractivity contribution in [2.75, 3.05) is 13.1 Å². The summed E-state index contributed by atoms with van der Waals surface area (Å²) in [4.78, 5) is 12.6. The zero-order chi connectivity index (χ0) is 6.69. The Bertz CT molecular complexity index is 140. The summed E-state index contributed by atoms with van der Waals surface area (Å²) in [6.45, 7) is 3.78. The van der Waals surface area contributed by atoms with E-state index in [0.29, 0.717) is 0 Å². The van der Waals surface area contributed by atoms with Crippen LogP contribution in [-0.4, -0.2) is 23.9 Å². The second-order valence-electron chi connectivity index (χ2n) is 2.19. The molecule has 0 unspecified atom stereocenters. The highest BCUT2D eigenvalue weighted by atomic mass is 16.2. The van der Waals surface area contributed by atoms with Crippen LogP contribution in [0, 0.1) is 0 Å². The first-order chi connectivity index (χ1) is 4.34. The van der Waals surface area contributed by atoms with Gasteiger partial charge in [-0.15, -0.1) is 0 Å². The minimum atomic E-state index is 0.164. The van der Waals surface area contributed by atoms with Gasteiger partial charge < -0.3 is 4.90 Å². The molecule has 0 aromatic rings. The predicted molar refractivity (Wildman–Crippen MR) is 36.0 cm³/mol. The van der Waals surface area contributed by atoms with E-state index in [1.807, 2.05) is 11.0 Å². The third kappa shape index (κ3) is 1.31. The maximum absolute atomic E-state index is 10.8. The van der Waals surface area contributed by atoms with Crippen LogP contribution in [0.15, 0.2) is 12.2 Å². The molecule has 50 valence electrons. The quantitative estimate of drug-likeness (QED) is 0.534. The van der Waals surface area contributed by atoms with E-state index in [9.17, 15) is 4.79 Å². The van der Waals surface area contributed by atoms with Crippen LogP contribution in [0.1, 0.15) is 13.3 Å². The Labute approximate surface area is 55.2 Å². The van der Waals surface area contributed by atoms with Crippen LogP contribution in [0.2, 0.25) is 0 Å². The average molecular weight is 125 g/mol. The highest BCUT2D eigenvalue weighted by Crippen LogP contribution is 2.00. The molecule has 2 nitrogen and oxygen atoms in total. The Morgan fingerprint density at radius 2 is 2.56 bits per heavy atom. The van der Waals surface area contributed by atoms with Crippen LogP contribution < -0.4 is 0 Å². The lowest BCUT2D eigenvalue weighted by molar-refractivity contribution is -0.124. The van der Waals surface area contributed by atoms with Gasteiger partial charge in [-0.05, 0) is 6.42 Å². The molecule has 0 N–H and O–H groups in total. The number of hydrogen-bond acceptors (Lipinski definition) is 1. The molecule has 0 saturated carbocycles. The van der Waals surface area contributed by atoms with Gasteiger partial charge in [0.25, 0.3) is 0 Å². The van der Waals surface area contributed by atoms with E-state index in [1.54, 1.807) is 6.08 Å². The summed E-state index contributed by atoms with van der Waals surface area (Å²) in [6, 6.07) is 0. The summed E-state index contributed by atoms with van der Waals surface area (Å²) in [5.41, 5.74) is 0. The Morgan fingerprint density at radius 3 is 3.00 bits per heavy atom. The van der Waals surface area contributed by atoms with Gasteiger partial charge in [-0.3, -0.25) is 4.79 Å². The van der Waals surface area contributed by atoms with Crippen LogP contribution in [0.25, 0.3) is 0 Å². The standard InChI is InChI=1S/C7H11NO/c1-2-5-8-6-3-4-7(8)9/h3-4H,2,5-6H2,1H3. The van der Waals surface area contributed by atoms with E-state index in [1.165, 1.54) is 0 Å². The van der Waals surface area contributed by atoms with E-state index in [4.69, 9.17) is 0 Å². The van der Waals surface area contributed by atoms with Crippen LogP contribution in [0.5, 0.6) is 0 Å². The molecule has 1 aliphatic heterocycles. The fourth-order valence-electron chi connectivity index (χ4n) is 0.948. The molecular formula is C7H11NO. The van der Waals surface area contributed by atoms with Gasteiger partial charge in [-0.1, -0.05) is 13.0 Å². The van der Waals surface area contributed by atoms with Crippen LogP contribution in [-0.2, 0) is 4.79 Å². The topological polar surface area (TPSA) is 20.3 Å². The third-order valence-electron chi connectivity index (χ3n) is 1.39. The average Bonchev–Trinajstić information content (AvgIpc) is 2.18. The van der Waals surface area contributed by atoms with Crippen molar-refractivity contribution < 1.29 is 4.79 Å². The van der Waals surface area contributed by atoms with Gasteiger partial charge in [0.15, 0.2) is 0 Å². The van der Waals surface area contributed by atoms with Gasteiger partial charge in [0.1, 0.15) is 0 Å². The molecular weight excluding hydrogens is 114 g/mol. The first kappa shape index (κ1) is 6.33. The van der Waals surface area contributed by atoms with Crippen molar-refractivity contribution in [3.63, 3.8) is 0 Å². The summed E-state index contributed by atoms with van der Waals surface area (Å²) in [5.74, 6) is 0.164. The molecule has 1 amide bonds. The first-order valence-electron chi connectivity index (χ1n) is 3.30. The fourth-order valence-corrected chi connectivity index (χ4v) is 0.948. The molecule has 2 heteroatoms. The van der Waals surface area contributed by atoms with Crippen molar-refractivity contribution in [2.45, 2.75) is 13.3 Å². The molecule has 1 rings (SSSR count). The predicted octanol–water partition coefficient (Wildman–Crippen LogP) is 0.795. The Hall–Kier alpha value is -0.790. The molecule has 0 radical (unpaired) electrons. The van der Waals surface area contributed by atoms with Gasteiger partial charge in [0.2, 0.25) is 5.91 Å². The second-order valence-corrected chi connectivity index (χ2v) is 2.19. The van der Waals surface area contributed by atoms with Gasteiger partial charge in [-0.2, -0.15) is 0 Å². The van der Waals surface area contributed by atoms with Crippen LogP contribution in [0.4, 0.5) is 0 Å². The molecule has 0 spiro atoms. The SMILES string of the molecule is CCCN1CC=CC1=O. The summed E-state index contributed by atoms with van der Waals surface area (Å²) >= 11 is 0.